The van der Waals surface area contributed by atoms with Crippen LogP contribution in [-0.2, 0) is 16.1 Å². The van der Waals surface area contributed by atoms with E-state index in [0.29, 0.717) is 30.9 Å². The summed E-state index contributed by atoms with van der Waals surface area (Å²) in [5, 5.41) is 25.3. The molecule has 4 rings (SSSR count). The standard InChI is InChI=1S/C24H26FN5O4/c1-17(31)27-14-21-16-29(24(32)34-21)20-6-7-23(22(25)12-20)30(33)10-8-28(9-11-30)15-19-5-3-2-4-18(19)13-26/h2-7,12,21H,8-11,14-16H2,1H3,(H,27,31). The van der Waals surface area contributed by atoms with Crippen LogP contribution >= 0.6 is 0 Å². The predicted molar refractivity (Wildman–Crippen MR) is 124 cm³/mol. The number of carbonyl (C=O) groups excluding carboxylic acids is 2. The fraction of sp³-hybridized carbons (Fsp3) is 0.375. The first kappa shape index (κ1) is 23.6. The molecule has 2 aromatic carbocycles. The third kappa shape index (κ3) is 5.02. The molecule has 0 aliphatic carbocycles. The third-order valence-electron chi connectivity index (χ3n) is 6.22. The van der Waals surface area contributed by atoms with Gasteiger partial charge in [-0.25, -0.2) is 9.18 Å². The minimum atomic E-state index is -0.794. The number of hydrogen-bond acceptors (Lipinski definition) is 6. The molecule has 2 aliphatic heterocycles. The van der Waals surface area contributed by atoms with Crippen LogP contribution in [0.25, 0.3) is 0 Å². The van der Waals surface area contributed by atoms with E-state index < -0.39 is 22.7 Å². The fourth-order valence-electron chi connectivity index (χ4n) is 4.33. The highest BCUT2D eigenvalue weighted by Gasteiger charge is 2.35. The second kappa shape index (κ2) is 9.77. The molecule has 2 aromatic rings. The Labute approximate surface area is 197 Å². The van der Waals surface area contributed by atoms with Gasteiger partial charge in [-0.05, 0) is 17.7 Å². The van der Waals surface area contributed by atoms with E-state index in [0.717, 1.165) is 5.56 Å². The molecule has 1 atom stereocenters. The quantitative estimate of drug-likeness (QED) is 0.517. The molecule has 2 aliphatic rings. The lowest BCUT2D eigenvalue weighted by Crippen LogP contribution is -2.57. The molecule has 2 amide bonds. The number of cyclic esters (lactones) is 1. The minimum absolute atomic E-state index is 0.0307. The molecular weight excluding hydrogens is 441 g/mol. The number of hydrogen-bond donors (Lipinski definition) is 1. The number of anilines is 1. The van der Waals surface area contributed by atoms with Gasteiger partial charge in [-0.1, -0.05) is 18.2 Å². The molecule has 1 N–H and O–H groups in total. The van der Waals surface area contributed by atoms with Crippen molar-refractivity contribution in [1.82, 2.24) is 14.9 Å². The molecule has 2 saturated heterocycles. The number of amides is 2. The van der Waals surface area contributed by atoms with Crippen LogP contribution in [0.2, 0.25) is 0 Å². The van der Waals surface area contributed by atoms with Crippen molar-refractivity contribution in [1.29, 1.82) is 5.26 Å². The zero-order valence-corrected chi connectivity index (χ0v) is 18.9. The van der Waals surface area contributed by atoms with Crippen molar-refractivity contribution >= 4 is 23.4 Å². The molecule has 0 saturated carbocycles. The van der Waals surface area contributed by atoms with Crippen LogP contribution in [0.4, 0.5) is 20.6 Å². The largest absolute Gasteiger partial charge is 0.627 e. The van der Waals surface area contributed by atoms with E-state index in [9.17, 15) is 20.1 Å². The predicted octanol–water partition coefficient (Wildman–Crippen LogP) is 2.48. The third-order valence-corrected chi connectivity index (χ3v) is 6.22. The lowest BCUT2D eigenvalue weighted by atomic mass is 10.1. The highest BCUT2D eigenvalue weighted by Crippen LogP contribution is 2.32. The first-order valence-corrected chi connectivity index (χ1v) is 11.1. The SMILES string of the molecule is CC(=O)NCC1CN(c2ccc([N+]3([O-])CCN(Cc4ccccc4C#N)CC3)c(F)c2)C(=O)O1. The Hall–Kier alpha value is -3.52. The van der Waals surface area contributed by atoms with Gasteiger partial charge in [0.1, 0.15) is 6.10 Å². The number of piperazine rings is 1. The first-order chi connectivity index (χ1) is 16.3. The summed E-state index contributed by atoms with van der Waals surface area (Å²) in [6.07, 6.45) is -1.16. The summed E-state index contributed by atoms with van der Waals surface area (Å²) < 4.78 is 19.5. The Balaban J connectivity index is 1.41. The summed E-state index contributed by atoms with van der Waals surface area (Å²) in [6.45, 7) is 3.56. The Bertz CT molecular complexity index is 1130. The van der Waals surface area contributed by atoms with Gasteiger partial charge < -0.3 is 19.9 Å². The maximum Gasteiger partial charge on any atom is 0.414 e. The van der Waals surface area contributed by atoms with E-state index in [1.807, 2.05) is 18.2 Å². The van der Waals surface area contributed by atoms with Gasteiger partial charge in [0.2, 0.25) is 5.91 Å². The maximum atomic E-state index is 15.1. The van der Waals surface area contributed by atoms with E-state index in [1.165, 1.54) is 24.0 Å². The number of nitriles is 1. The van der Waals surface area contributed by atoms with Gasteiger partial charge in [-0.2, -0.15) is 5.26 Å². The highest BCUT2D eigenvalue weighted by molar-refractivity contribution is 5.90. The maximum absolute atomic E-state index is 15.1. The van der Waals surface area contributed by atoms with Crippen molar-refractivity contribution in [2.45, 2.75) is 19.6 Å². The second-order valence-corrected chi connectivity index (χ2v) is 8.57. The zero-order valence-electron chi connectivity index (χ0n) is 18.9. The van der Waals surface area contributed by atoms with Gasteiger partial charge >= 0.3 is 6.09 Å². The molecule has 2 fully saturated rings. The number of rotatable bonds is 6. The molecule has 0 aromatic heterocycles. The van der Waals surface area contributed by atoms with Crippen LogP contribution in [-0.4, -0.2) is 62.3 Å². The number of halogens is 1. The van der Waals surface area contributed by atoms with Crippen molar-refractivity contribution in [3.63, 3.8) is 0 Å². The van der Waals surface area contributed by atoms with Crippen LogP contribution in [0.5, 0.6) is 0 Å². The number of nitrogens with zero attached hydrogens (tertiary/aromatic N) is 4. The molecule has 0 bridgehead atoms. The second-order valence-electron chi connectivity index (χ2n) is 8.57. The highest BCUT2D eigenvalue weighted by atomic mass is 19.1. The van der Waals surface area contributed by atoms with Crippen molar-refractivity contribution < 1.29 is 18.7 Å². The van der Waals surface area contributed by atoms with Crippen molar-refractivity contribution in [3.8, 4) is 6.07 Å². The van der Waals surface area contributed by atoms with Crippen molar-refractivity contribution in [2.24, 2.45) is 0 Å². The smallest absolute Gasteiger partial charge is 0.414 e. The molecule has 0 radical (unpaired) electrons. The van der Waals surface area contributed by atoms with Gasteiger partial charge in [0.25, 0.3) is 0 Å². The lowest BCUT2D eigenvalue weighted by molar-refractivity contribution is -0.119. The summed E-state index contributed by atoms with van der Waals surface area (Å²) >= 11 is 0. The summed E-state index contributed by atoms with van der Waals surface area (Å²) in [5.74, 6) is -0.905. The van der Waals surface area contributed by atoms with Crippen LogP contribution < -0.4 is 14.9 Å². The molecule has 2 heterocycles. The molecule has 9 nitrogen and oxygen atoms in total. The summed E-state index contributed by atoms with van der Waals surface area (Å²) in [6, 6.07) is 13.7. The van der Waals surface area contributed by atoms with Gasteiger partial charge in [0, 0.05) is 38.7 Å². The van der Waals surface area contributed by atoms with E-state index >= 15 is 4.39 Å². The molecule has 0 spiro atoms. The minimum Gasteiger partial charge on any atom is -0.627 e. The zero-order chi connectivity index (χ0) is 24.3. The average molecular weight is 468 g/mol. The number of benzene rings is 2. The first-order valence-electron chi connectivity index (χ1n) is 11.1. The summed E-state index contributed by atoms with van der Waals surface area (Å²) in [5.41, 5.74) is 1.84. The molecular formula is C24H26FN5O4. The van der Waals surface area contributed by atoms with Gasteiger partial charge in [0.15, 0.2) is 11.5 Å². The molecule has 1 unspecified atom stereocenters. The lowest BCUT2D eigenvalue weighted by Gasteiger charge is -2.47. The van der Waals surface area contributed by atoms with Crippen molar-refractivity contribution in [2.75, 3.05) is 44.2 Å². The van der Waals surface area contributed by atoms with E-state index in [2.05, 4.69) is 16.3 Å². The number of carbonyl (C=O) groups is 2. The Morgan fingerprint density at radius 2 is 2.03 bits per heavy atom. The van der Waals surface area contributed by atoms with Gasteiger partial charge in [-0.3, -0.25) is 14.6 Å². The molecule has 10 heteroatoms. The fourth-order valence-corrected chi connectivity index (χ4v) is 4.33. The van der Waals surface area contributed by atoms with E-state index in [-0.39, 0.29) is 37.8 Å². The van der Waals surface area contributed by atoms with Gasteiger partial charge in [-0.15, -0.1) is 0 Å². The topological polar surface area (TPSA) is 109 Å². The Morgan fingerprint density at radius 1 is 1.29 bits per heavy atom. The number of ether oxygens (including phenoxy) is 1. The molecule has 34 heavy (non-hydrogen) atoms. The Kier molecular flexibility index (Phi) is 6.79. The number of nitrogens with one attached hydrogen (secondary N) is 1. The summed E-state index contributed by atoms with van der Waals surface area (Å²) in [7, 11) is 0. The summed E-state index contributed by atoms with van der Waals surface area (Å²) in [4.78, 5) is 26.7. The van der Waals surface area contributed by atoms with Gasteiger partial charge in [0.05, 0.1) is 43.5 Å². The molecule has 178 valence electrons. The normalized spacial score (nSPS) is 20.0. The number of hydroxylamine groups is 2. The van der Waals surface area contributed by atoms with Crippen LogP contribution in [0.1, 0.15) is 18.1 Å². The average Bonchev–Trinajstić information content (AvgIpc) is 3.20. The van der Waals surface area contributed by atoms with E-state index in [4.69, 9.17) is 4.74 Å². The van der Waals surface area contributed by atoms with Crippen LogP contribution in [0.3, 0.4) is 0 Å². The Morgan fingerprint density at radius 3 is 2.71 bits per heavy atom. The van der Waals surface area contributed by atoms with E-state index in [1.54, 1.807) is 12.1 Å². The van der Waals surface area contributed by atoms with Crippen LogP contribution in [0, 0.1) is 22.4 Å². The van der Waals surface area contributed by atoms with Crippen LogP contribution in [0.15, 0.2) is 42.5 Å². The number of quaternary nitrogens is 1. The van der Waals surface area contributed by atoms with Crippen molar-refractivity contribution in [3.05, 3.63) is 64.6 Å². The monoisotopic (exact) mass is 467 g/mol.